The maximum atomic E-state index is 12.7. The molecular weight excluding hydrogens is 294 g/mol. The molecule has 1 fully saturated rings. The van der Waals surface area contributed by atoms with E-state index in [1.807, 2.05) is 18.7 Å². The summed E-state index contributed by atoms with van der Waals surface area (Å²) in [6, 6.07) is 3.58. The van der Waals surface area contributed by atoms with Crippen LogP contribution in [0.25, 0.3) is 0 Å². The van der Waals surface area contributed by atoms with Gasteiger partial charge in [0.25, 0.3) is 5.91 Å². The van der Waals surface area contributed by atoms with Crippen molar-refractivity contribution >= 4 is 5.91 Å². The lowest BCUT2D eigenvalue weighted by Gasteiger charge is -2.32. The molecule has 0 spiro atoms. The Balaban J connectivity index is 1.92. The van der Waals surface area contributed by atoms with Gasteiger partial charge in [0.2, 0.25) is 0 Å². The number of hydrogen-bond donors (Lipinski definition) is 1. The summed E-state index contributed by atoms with van der Waals surface area (Å²) in [4.78, 5) is 18.8. The first kappa shape index (κ1) is 17.7. The summed E-state index contributed by atoms with van der Waals surface area (Å²) in [5.41, 5.74) is 5.86. The van der Waals surface area contributed by atoms with Gasteiger partial charge in [0, 0.05) is 25.9 Å². The summed E-state index contributed by atoms with van der Waals surface area (Å²) >= 11 is 0. The molecule has 2 heterocycles. The maximum Gasteiger partial charge on any atom is 0.276 e. The van der Waals surface area contributed by atoms with Crippen LogP contribution in [0.1, 0.15) is 43.6 Å². The highest BCUT2D eigenvalue weighted by Gasteiger charge is 2.26. The lowest BCUT2D eigenvalue weighted by atomic mass is 10.1. The molecule has 0 atom stereocenters. The van der Waals surface area contributed by atoms with Crippen molar-refractivity contribution in [2.75, 3.05) is 26.2 Å². The molecule has 1 aromatic heterocycles. The van der Waals surface area contributed by atoms with Gasteiger partial charge in [-0.1, -0.05) is 0 Å². The van der Waals surface area contributed by atoms with Gasteiger partial charge in [0.05, 0.1) is 12.2 Å². The molecule has 2 rings (SSSR count). The molecule has 6 nitrogen and oxygen atoms in total. The zero-order chi connectivity index (χ0) is 16.7. The van der Waals surface area contributed by atoms with Gasteiger partial charge in [-0.25, -0.2) is 4.98 Å². The third-order valence-corrected chi connectivity index (χ3v) is 3.77. The van der Waals surface area contributed by atoms with Gasteiger partial charge in [-0.05, 0) is 51.8 Å². The minimum absolute atomic E-state index is 0.00688. The molecule has 1 aliphatic heterocycles. The van der Waals surface area contributed by atoms with Gasteiger partial charge in [0.15, 0.2) is 11.4 Å². The highest BCUT2D eigenvalue weighted by Crippen LogP contribution is 2.22. The van der Waals surface area contributed by atoms with Crippen molar-refractivity contribution in [1.29, 1.82) is 0 Å². The van der Waals surface area contributed by atoms with Gasteiger partial charge in [-0.3, -0.25) is 4.79 Å². The summed E-state index contributed by atoms with van der Waals surface area (Å²) in [6.07, 6.45) is 4.44. The van der Waals surface area contributed by atoms with Crippen LogP contribution >= 0.6 is 0 Å². The molecule has 0 aromatic carbocycles. The second-order valence-corrected chi connectivity index (χ2v) is 6.02. The fraction of sp³-hybridized carbons (Fsp3) is 0.647. The van der Waals surface area contributed by atoms with Crippen LogP contribution in [0.2, 0.25) is 0 Å². The molecule has 1 saturated heterocycles. The molecule has 0 radical (unpaired) electrons. The first-order valence-corrected chi connectivity index (χ1v) is 8.34. The number of nitrogens with zero attached hydrogens (tertiary/aromatic N) is 2. The van der Waals surface area contributed by atoms with Gasteiger partial charge < -0.3 is 20.1 Å². The predicted molar refractivity (Wildman–Crippen MR) is 88.5 cm³/mol. The van der Waals surface area contributed by atoms with Crippen LogP contribution in [-0.2, 0) is 4.74 Å². The number of amides is 1. The van der Waals surface area contributed by atoms with Gasteiger partial charge in [0.1, 0.15) is 0 Å². The van der Waals surface area contributed by atoms with Crippen LogP contribution in [0.5, 0.6) is 5.75 Å². The third kappa shape index (κ3) is 5.18. The van der Waals surface area contributed by atoms with Crippen molar-refractivity contribution < 1.29 is 14.3 Å². The molecule has 1 aromatic rings. The molecule has 6 heteroatoms. The Hall–Kier alpha value is -1.66. The number of aromatic nitrogens is 1. The third-order valence-electron chi connectivity index (χ3n) is 3.77. The predicted octanol–water partition coefficient (Wildman–Crippen LogP) is 1.84. The van der Waals surface area contributed by atoms with E-state index in [0.29, 0.717) is 37.7 Å². The number of pyridine rings is 1. The monoisotopic (exact) mass is 321 g/mol. The minimum Gasteiger partial charge on any atom is -0.489 e. The highest BCUT2D eigenvalue weighted by molar-refractivity contribution is 5.95. The minimum atomic E-state index is -0.0679. The number of hydrogen-bond acceptors (Lipinski definition) is 5. The zero-order valence-corrected chi connectivity index (χ0v) is 14.0. The topological polar surface area (TPSA) is 77.7 Å². The Morgan fingerprint density at radius 1 is 1.43 bits per heavy atom. The summed E-state index contributed by atoms with van der Waals surface area (Å²) in [6.45, 7) is 6.59. The van der Waals surface area contributed by atoms with Gasteiger partial charge in [-0.15, -0.1) is 0 Å². The van der Waals surface area contributed by atoms with Crippen molar-refractivity contribution in [2.24, 2.45) is 5.73 Å². The maximum absolute atomic E-state index is 12.7. The Labute approximate surface area is 138 Å². The largest absolute Gasteiger partial charge is 0.489 e. The molecule has 0 unspecified atom stereocenters. The van der Waals surface area contributed by atoms with Crippen molar-refractivity contribution in [1.82, 2.24) is 9.88 Å². The zero-order valence-electron chi connectivity index (χ0n) is 14.0. The summed E-state index contributed by atoms with van der Waals surface area (Å²) < 4.78 is 11.5. The fourth-order valence-corrected chi connectivity index (χ4v) is 2.61. The molecular formula is C17H27N3O3. The first-order valence-electron chi connectivity index (χ1n) is 8.34. The van der Waals surface area contributed by atoms with Crippen LogP contribution in [0, 0.1) is 0 Å². The summed E-state index contributed by atoms with van der Waals surface area (Å²) in [5, 5.41) is 0. The number of ether oxygens (including phenoxy) is 2. The van der Waals surface area contributed by atoms with E-state index in [1.54, 1.807) is 18.3 Å². The molecule has 1 amide bonds. The van der Waals surface area contributed by atoms with Gasteiger partial charge in [-0.2, -0.15) is 0 Å². The van der Waals surface area contributed by atoms with E-state index in [1.165, 1.54) is 0 Å². The van der Waals surface area contributed by atoms with E-state index in [4.69, 9.17) is 15.2 Å². The average molecular weight is 321 g/mol. The van der Waals surface area contributed by atoms with Crippen molar-refractivity contribution in [3.8, 4) is 5.75 Å². The van der Waals surface area contributed by atoms with E-state index in [-0.39, 0.29) is 18.1 Å². The van der Waals surface area contributed by atoms with E-state index >= 15 is 0 Å². The van der Waals surface area contributed by atoms with Gasteiger partial charge >= 0.3 is 0 Å². The highest BCUT2D eigenvalue weighted by atomic mass is 16.5. The normalized spacial score (nSPS) is 15.9. The Bertz CT molecular complexity index is 500. The average Bonchev–Trinajstić information content (AvgIpc) is 2.55. The van der Waals surface area contributed by atoms with E-state index in [2.05, 4.69) is 4.98 Å². The molecule has 2 N–H and O–H groups in total. The molecule has 0 aliphatic carbocycles. The number of nitrogens with two attached hydrogens (primary N) is 1. The molecule has 128 valence electrons. The Morgan fingerprint density at radius 3 is 2.83 bits per heavy atom. The smallest absolute Gasteiger partial charge is 0.276 e. The quantitative estimate of drug-likeness (QED) is 0.775. The number of rotatable bonds is 7. The van der Waals surface area contributed by atoms with Crippen LogP contribution in [0.15, 0.2) is 18.3 Å². The van der Waals surface area contributed by atoms with Crippen molar-refractivity contribution in [3.05, 3.63) is 24.0 Å². The Morgan fingerprint density at radius 2 is 2.17 bits per heavy atom. The van der Waals surface area contributed by atoms with E-state index in [0.717, 1.165) is 19.3 Å². The van der Waals surface area contributed by atoms with Crippen LogP contribution in [0.3, 0.4) is 0 Å². The van der Waals surface area contributed by atoms with Crippen molar-refractivity contribution in [3.63, 3.8) is 0 Å². The lowest BCUT2D eigenvalue weighted by molar-refractivity contribution is 0.00817. The molecule has 0 bridgehead atoms. The summed E-state index contributed by atoms with van der Waals surface area (Å²) in [7, 11) is 0. The Kier molecular flexibility index (Phi) is 6.80. The first-order chi connectivity index (χ1) is 11.1. The lowest BCUT2D eigenvalue weighted by Crippen LogP contribution is -2.41. The van der Waals surface area contributed by atoms with E-state index in [9.17, 15) is 4.79 Å². The van der Waals surface area contributed by atoms with Crippen molar-refractivity contribution in [2.45, 2.75) is 45.3 Å². The second-order valence-electron chi connectivity index (χ2n) is 6.02. The second kappa shape index (κ2) is 8.84. The van der Waals surface area contributed by atoms with Crippen LogP contribution < -0.4 is 10.5 Å². The van der Waals surface area contributed by atoms with Crippen LogP contribution in [0.4, 0.5) is 0 Å². The molecule has 0 saturated carbocycles. The standard InChI is InChI=1S/C17H27N3O3/c1-13(2)23-15-5-3-9-19-16(15)17(21)20-10-6-14(7-11-20)22-12-4-8-18/h3,5,9,13-14H,4,6-8,10-12,18H2,1-2H3. The molecule has 1 aliphatic rings. The summed E-state index contributed by atoms with van der Waals surface area (Å²) in [5.74, 6) is 0.482. The number of likely N-dealkylation sites (tertiary alicyclic amines) is 1. The number of carbonyl (C=O) groups excluding carboxylic acids is 1. The fourth-order valence-electron chi connectivity index (χ4n) is 2.61. The molecule has 23 heavy (non-hydrogen) atoms. The SMILES string of the molecule is CC(C)Oc1cccnc1C(=O)N1CCC(OCCCN)CC1. The van der Waals surface area contributed by atoms with E-state index < -0.39 is 0 Å². The van der Waals surface area contributed by atoms with Crippen LogP contribution in [-0.4, -0.2) is 54.2 Å². The number of piperidine rings is 1. The number of carbonyl (C=O) groups is 1.